The molecule has 1 aliphatic heterocycles. The minimum Gasteiger partial charge on any atom is -0.377 e. The van der Waals surface area contributed by atoms with E-state index >= 15 is 0 Å². The van der Waals surface area contributed by atoms with E-state index in [1.165, 1.54) is 0 Å². The van der Waals surface area contributed by atoms with Crippen LogP contribution in [0.4, 0.5) is 5.95 Å². The summed E-state index contributed by atoms with van der Waals surface area (Å²) in [4.78, 5) is 6.66. The molecule has 8 heteroatoms. The molecule has 3 rings (SSSR count). The maximum atomic E-state index is 5.71. The Kier molecular flexibility index (Phi) is 4.16. The lowest BCUT2D eigenvalue weighted by atomic mass is 9.97. The first-order chi connectivity index (χ1) is 10.3. The van der Waals surface area contributed by atoms with Crippen LogP contribution in [0.25, 0.3) is 11.5 Å². The molecule has 1 saturated heterocycles. The van der Waals surface area contributed by atoms with Crippen molar-refractivity contribution in [3.63, 3.8) is 0 Å². The summed E-state index contributed by atoms with van der Waals surface area (Å²) in [7, 11) is 1.61. The zero-order chi connectivity index (χ0) is 14.7. The molecule has 2 aromatic rings. The van der Waals surface area contributed by atoms with Gasteiger partial charge in [0.1, 0.15) is 6.61 Å². The fourth-order valence-corrected chi connectivity index (χ4v) is 2.51. The highest BCUT2D eigenvalue weighted by Gasteiger charge is 2.21. The fraction of sp³-hybridized carbons (Fsp3) is 0.615. The van der Waals surface area contributed by atoms with Gasteiger partial charge in [0.2, 0.25) is 5.95 Å². The fourth-order valence-electron chi connectivity index (χ4n) is 2.51. The maximum absolute atomic E-state index is 5.71. The molecule has 1 aliphatic rings. The molecule has 0 aromatic carbocycles. The molecule has 114 valence electrons. The van der Waals surface area contributed by atoms with E-state index in [0.29, 0.717) is 35.8 Å². The molecule has 0 amide bonds. The quantitative estimate of drug-likeness (QED) is 0.838. The molecule has 21 heavy (non-hydrogen) atoms. The highest BCUT2D eigenvalue weighted by Crippen LogP contribution is 2.22. The molecule has 1 fully saturated rings. The summed E-state index contributed by atoms with van der Waals surface area (Å²) in [5, 5.41) is 11.1. The Hall–Kier alpha value is -1.93. The molecular weight excluding hydrogens is 272 g/mol. The van der Waals surface area contributed by atoms with Gasteiger partial charge in [0.05, 0.1) is 0 Å². The molecular formula is C13H20N6O2. The van der Waals surface area contributed by atoms with Gasteiger partial charge in [0, 0.05) is 26.3 Å². The number of nitrogens with one attached hydrogen (secondary N) is 1. The largest absolute Gasteiger partial charge is 0.377 e. The van der Waals surface area contributed by atoms with E-state index in [9.17, 15) is 0 Å². The van der Waals surface area contributed by atoms with Crippen molar-refractivity contribution < 1.29 is 9.26 Å². The van der Waals surface area contributed by atoms with E-state index in [1.54, 1.807) is 13.2 Å². The average molecular weight is 292 g/mol. The Labute approximate surface area is 122 Å². The number of piperidine rings is 1. The molecule has 3 heterocycles. The van der Waals surface area contributed by atoms with Crippen molar-refractivity contribution in [3.8, 4) is 11.5 Å². The van der Waals surface area contributed by atoms with E-state index in [1.807, 2.05) is 0 Å². The van der Waals surface area contributed by atoms with Crippen LogP contribution < -0.4 is 10.6 Å². The predicted octanol–water partition coefficient (Wildman–Crippen LogP) is 0.781. The zero-order valence-electron chi connectivity index (χ0n) is 12.1. The summed E-state index contributed by atoms with van der Waals surface area (Å²) in [6.07, 6.45) is 2.17. The Morgan fingerprint density at radius 1 is 1.48 bits per heavy atom. The van der Waals surface area contributed by atoms with Crippen molar-refractivity contribution in [3.05, 3.63) is 11.8 Å². The molecule has 3 N–H and O–H groups in total. The zero-order valence-corrected chi connectivity index (χ0v) is 12.1. The third-order valence-corrected chi connectivity index (χ3v) is 3.79. The monoisotopic (exact) mass is 292 g/mol. The number of rotatable bonds is 5. The highest BCUT2D eigenvalue weighted by atomic mass is 16.5. The SMILES string of the molecule is COCc1cc(-c2nc(N3CCC(CN)CC3)n[nH]2)no1. The van der Waals surface area contributed by atoms with Crippen molar-refractivity contribution in [2.24, 2.45) is 11.7 Å². The summed E-state index contributed by atoms with van der Waals surface area (Å²) in [6, 6.07) is 1.80. The van der Waals surface area contributed by atoms with E-state index in [4.69, 9.17) is 15.0 Å². The van der Waals surface area contributed by atoms with Gasteiger partial charge in [-0.2, -0.15) is 4.98 Å². The van der Waals surface area contributed by atoms with Gasteiger partial charge in [-0.15, -0.1) is 5.10 Å². The summed E-state index contributed by atoms with van der Waals surface area (Å²) >= 11 is 0. The molecule has 2 aromatic heterocycles. The summed E-state index contributed by atoms with van der Waals surface area (Å²) in [5.74, 6) is 2.59. The smallest absolute Gasteiger partial charge is 0.245 e. The van der Waals surface area contributed by atoms with Crippen molar-refractivity contribution in [1.82, 2.24) is 20.3 Å². The Morgan fingerprint density at radius 2 is 2.29 bits per heavy atom. The van der Waals surface area contributed by atoms with Gasteiger partial charge in [-0.1, -0.05) is 5.16 Å². The van der Waals surface area contributed by atoms with Crippen LogP contribution >= 0.6 is 0 Å². The molecule has 0 aliphatic carbocycles. The number of nitrogens with two attached hydrogens (primary N) is 1. The number of aromatic nitrogens is 4. The van der Waals surface area contributed by atoms with E-state index < -0.39 is 0 Å². The van der Waals surface area contributed by atoms with Crippen molar-refractivity contribution in [1.29, 1.82) is 0 Å². The van der Waals surface area contributed by atoms with Crippen LogP contribution in [0.15, 0.2) is 10.6 Å². The van der Waals surface area contributed by atoms with Crippen LogP contribution in [-0.4, -0.2) is 47.1 Å². The van der Waals surface area contributed by atoms with Gasteiger partial charge < -0.3 is 19.9 Å². The van der Waals surface area contributed by atoms with E-state index in [2.05, 4.69) is 25.2 Å². The van der Waals surface area contributed by atoms with Crippen molar-refractivity contribution in [2.75, 3.05) is 31.6 Å². The van der Waals surface area contributed by atoms with Crippen LogP contribution in [0, 0.1) is 5.92 Å². The minimum atomic E-state index is 0.389. The van der Waals surface area contributed by atoms with Gasteiger partial charge in [-0.05, 0) is 25.3 Å². The molecule has 0 spiro atoms. The molecule has 0 radical (unpaired) electrons. The molecule has 0 atom stereocenters. The van der Waals surface area contributed by atoms with Crippen LogP contribution in [0.1, 0.15) is 18.6 Å². The first kappa shape index (κ1) is 14.0. The number of nitrogens with zero attached hydrogens (tertiary/aromatic N) is 4. The van der Waals surface area contributed by atoms with Crippen LogP contribution in [0.5, 0.6) is 0 Å². The molecule has 0 bridgehead atoms. The number of methoxy groups -OCH3 is 1. The summed E-state index contributed by atoms with van der Waals surface area (Å²) < 4.78 is 10.2. The van der Waals surface area contributed by atoms with Gasteiger partial charge >= 0.3 is 0 Å². The van der Waals surface area contributed by atoms with Gasteiger partial charge in [0.15, 0.2) is 17.3 Å². The molecule has 0 unspecified atom stereocenters. The van der Waals surface area contributed by atoms with Crippen molar-refractivity contribution in [2.45, 2.75) is 19.4 Å². The normalized spacial score (nSPS) is 16.6. The van der Waals surface area contributed by atoms with Gasteiger partial charge in [-0.25, -0.2) is 0 Å². The Morgan fingerprint density at radius 3 is 3.00 bits per heavy atom. The number of anilines is 1. The molecule has 0 saturated carbocycles. The third-order valence-electron chi connectivity index (χ3n) is 3.79. The highest BCUT2D eigenvalue weighted by molar-refractivity contribution is 5.50. The first-order valence-electron chi connectivity index (χ1n) is 7.12. The van der Waals surface area contributed by atoms with Crippen LogP contribution in [0.2, 0.25) is 0 Å². The summed E-state index contributed by atoms with van der Waals surface area (Å²) in [5.41, 5.74) is 6.35. The lowest BCUT2D eigenvalue weighted by molar-refractivity contribution is 0.156. The minimum absolute atomic E-state index is 0.389. The lowest BCUT2D eigenvalue weighted by Gasteiger charge is -2.30. The second kappa shape index (κ2) is 6.23. The number of aromatic amines is 1. The molecule has 8 nitrogen and oxygen atoms in total. The second-order valence-corrected chi connectivity index (χ2v) is 5.26. The third kappa shape index (κ3) is 3.06. The van der Waals surface area contributed by atoms with E-state index in [0.717, 1.165) is 32.5 Å². The maximum Gasteiger partial charge on any atom is 0.245 e. The van der Waals surface area contributed by atoms with Gasteiger partial charge in [-0.3, -0.25) is 5.10 Å². The number of H-pyrrole nitrogens is 1. The number of hydrogen-bond acceptors (Lipinski definition) is 7. The number of ether oxygens (including phenoxy) is 1. The topological polar surface area (TPSA) is 106 Å². The standard InChI is InChI=1S/C13H20N6O2/c1-20-8-10-6-11(18-21-10)12-15-13(17-16-12)19-4-2-9(7-14)3-5-19/h6,9H,2-5,7-8,14H2,1H3,(H,15,16,17). The van der Waals surface area contributed by atoms with Crippen molar-refractivity contribution >= 4 is 5.95 Å². The lowest BCUT2D eigenvalue weighted by Crippen LogP contribution is -2.36. The van der Waals surface area contributed by atoms with Crippen LogP contribution in [-0.2, 0) is 11.3 Å². The number of hydrogen-bond donors (Lipinski definition) is 2. The summed E-state index contributed by atoms with van der Waals surface area (Å²) in [6.45, 7) is 3.02. The van der Waals surface area contributed by atoms with Gasteiger partial charge in [0.25, 0.3) is 0 Å². The Balaban J connectivity index is 1.68. The van der Waals surface area contributed by atoms with E-state index in [-0.39, 0.29) is 0 Å². The predicted molar refractivity (Wildman–Crippen MR) is 76.6 cm³/mol. The average Bonchev–Trinajstić information content (AvgIpc) is 3.16. The Bertz CT molecular complexity index is 573. The first-order valence-corrected chi connectivity index (χ1v) is 7.12. The second-order valence-electron chi connectivity index (χ2n) is 5.26. The van der Waals surface area contributed by atoms with Crippen LogP contribution in [0.3, 0.4) is 0 Å².